The Kier molecular flexibility index (Phi) is 4.24. The van der Waals surface area contributed by atoms with E-state index < -0.39 is 0 Å². The highest BCUT2D eigenvalue weighted by Gasteiger charge is 2.11. The molecule has 2 rings (SSSR count). The summed E-state index contributed by atoms with van der Waals surface area (Å²) in [6.07, 6.45) is 0.819. The number of nitrogens with one attached hydrogen (secondary N) is 1. The summed E-state index contributed by atoms with van der Waals surface area (Å²) in [6, 6.07) is 5.09. The first kappa shape index (κ1) is 13.6. The Morgan fingerprint density at radius 1 is 1.58 bits per heavy atom. The van der Waals surface area contributed by atoms with Gasteiger partial charge in [0.05, 0.1) is 11.6 Å². The van der Waals surface area contributed by atoms with E-state index in [1.54, 1.807) is 6.07 Å². The van der Waals surface area contributed by atoms with Crippen LogP contribution in [0.2, 0.25) is 5.15 Å². The molecule has 1 N–H and O–H groups in total. The molecule has 0 aliphatic heterocycles. The SMILES string of the molecule is CCCn1c(Sc2cc(C#N)cc(Cl)n2)n[nH]c1=O. The van der Waals surface area contributed by atoms with Gasteiger partial charge < -0.3 is 0 Å². The molecule has 0 radical (unpaired) electrons. The fourth-order valence-electron chi connectivity index (χ4n) is 1.49. The Labute approximate surface area is 118 Å². The number of nitriles is 1. The summed E-state index contributed by atoms with van der Waals surface area (Å²) in [7, 11) is 0. The van der Waals surface area contributed by atoms with Crippen molar-refractivity contribution < 1.29 is 0 Å². The van der Waals surface area contributed by atoms with Crippen LogP contribution in [0.5, 0.6) is 0 Å². The third-order valence-corrected chi connectivity index (χ3v) is 3.37. The molecule has 0 spiro atoms. The summed E-state index contributed by atoms with van der Waals surface area (Å²) in [5.41, 5.74) is 0.161. The molecule has 0 atom stereocenters. The molecule has 2 aromatic heterocycles. The molecular weight excluding hydrogens is 286 g/mol. The molecule has 0 aromatic carbocycles. The van der Waals surface area contributed by atoms with Gasteiger partial charge >= 0.3 is 5.69 Å². The summed E-state index contributed by atoms with van der Waals surface area (Å²) in [5.74, 6) is 0. The van der Waals surface area contributed by atoms with E-state index in [9.17, 15) is 4.79 Å². The lowest BCUT2D eigenvalue weighted by Gasteiger charge is -2.03. The quantitative estimate of drug-likeness (QED) is 0.872. The predicted molar refractivity (Wildman–Crippen MR) is 71.2 cm³/mol. The number of hydrogen-bond acceptors (Lipinski definition) is 5. The van der Waals surface area contributed by atoms with Crippen LogP contribution in [0.3, 0.4) is 0 Å². The van der Waals surface area contributed by atoms with Gasteiger partial charge in [-0.25, -0.2) is 14.9 Å². The molecule has 2 aromatic rings. The molecule has 0 saturated heterocycles. The third kappa shape index (κ3) is 3.16. The van der Waals surface area contributed by atoms with Crippen LogP contribution in [0, 0.1) is 11.3 Å². The summed E-state index contributed by atoms with van der Waals surface area (Å²) in [4.78, 5) is 15.6. The normalized spacial score (nSPS) is 10.4. The fraction of sp³-hybridized carbons (Fsp3) is 0.273. The number of nitrogens with zero attached hydrogens (tertiary/aromatic N) is 4. The van der Waals surface area contributed by atoms with Crippen molar-refractivity contribution in [2.24, 2.45) is 0 Å². The van der Waals surface area contributed by atoms with Crippen LogP contribution < -0.4 is 5.69 Å². The molecule has 98 valence electrons. The molecule has 6 nitrogen and oxygen atoms in total. The smallest absolute Gasteiger partial charge is 0.270 e. The van der Waals surface area contributed by atoms with Crippen molar-refractivity contribution in [1.29, 1.82) is 5.26 Å². The van der Waals surface area contributed by atoms with Gasteiger partial charge in [-0.05, 0) is 30.3 Å². The topological polar surface area (TPSA) is 87.4 Å². The molecule has 2 heterocycles. The van der Waals surface area contributed by atoms with Crippen molar-refractivity contribution in [2.75, 3.05) is 0 Å². The number of H-pyrrole nitrogens is 1. The second-order valence-electron chi connectivity index (χ2n) is 3.69. The monoisotopic (exact) mass is 295 g/mol. The van der Waals surface area contributed by atoms with Gasteiger partial charge in [0.15, 0.2) is 5.16 Å². The Hall–Kier alpha value is -1.78. The molecule has 0 unspecified atom stereocenters. The molecular formula is C11H10ClN5OS. The van der Waals surface area contributed by atoms with E-state index in [1.807, 2.05) is 13.0 Å². The molecule has 0 aliphatic carbocycles. The lowest BCUT2D eigenvalue weighted by Crippen LogP contribution is -2.17. The van der Waals surface area contributed by atoms with Crippen molar-refractivity contribution in [3.05, 3.63) is 33.3 Å². The van der Waals surface area contributed by atoms with Gasteiger partial charge in [0.25, 0.3) is 0 Å². The van der Waals surface area contributed by atoms with E-state index in [0.717, 1.165) is 6.42 Å². The zero-order chi connectivity index (χ0) is 13.8. The Morgan fingerprint density at radius 3 is 3.05 bits per heavy atom. The molecule has 19 heavy (non-hydrogen) atoms. The Morgan fingerprint density at radius 2 is 2.37 bits per heavy atom. The minimum atomic E-state index is -0.258. The van der Waals surface area contributed by atoms with Crippen molar-refractivity contribution in [2.45, 2.75) is 30.1 Å². The van der Waals surface area contributed by atoms with Gasteiger partial charge in [0, 0.05) is 6.54 Å². The van der Waals surface area contributed by atoms with Crippen LogP contribution in [-0.4, -0.2) is 19.7 Å². The van der Waals surface area contributed by atoms with E-state index in [2.05, 4.69) is 15.2 Å². The largest absolute Gasteiger partial charge is 0.343 e. The highest BCUT2D eigenvalue weighted by Crippen LogP contribution is 2.25. The van der Waals surface area contributed by atoms with E-state index in [1.165, 1.54) is 22.4 Å². The van der Waals surface area contributed by atoms with Gasteiger partial charge in [-0.15, -0.1) is 5.10 Å². The Balaban J connectivity index is 2.34. The highest BCUT2D eigenvalue weighted by molar-refractivity contribution is 7.99. The first-order valence-corrected chi connectivity index (χ1v) is 6.74. The number of aromatic amines is 1. The number of pyridine rings is 1. The molecule has 0 bridgehead atoms. The summed E-state index contributed by atoms with van der Waals surface area (Å²) in [5, 5.41) is 16.5. The van der Waals surface area contributed by atoms with Gasteiger partial charge in [-0.3, -0.25) is 4.57 Å². The third-order valence-electron chi connectivity index (χ3n) is 2.27. The van der Waals surface area contributed by atoms with Crippen molar-refractivity contribution >= 4 is 23.4 Å². The minimum absolute atomic E-state index is 0.237. The second-order valence-corrected chi connectivity index (χ2v) is 5.07. The zero-order valence-electron chi connectivity index (χ0n) is 10.1. The number of halogens is 1. The molecule has 0 saturated carbocycles. The van der Waals surface area contributed by atoms with Gasteiger partial charge in [0.1, 0.15) is 10.2 Å². The molecule has 8 heteroatoms. The lowest BCUT2D eigenvalue weighted by atomic mass is 10.3. The number of hydrogen-bond donors (Lipinski definition) is 1. The standard InChI is InChI=1S/C11H10ClN5OS/c1-2-3-17-10(18)15-16-11(17)19-9-5-7(6-13)4-8(12)14-9/h4-5H,2-3H2,1H3,(H,15,18). The average molecular weight is 296 g/mol. The fourth-order valence-corrected chi connectivity index (χ4v) is 2.64. The van der Waals surface area contributed by atoms with Gasteiger partial charge in [-0.2, -0.15) is 5.26 Å². The van der Waals surface area contributed by atoms with E-state index in [0.29, 0.717) is 22.3 Å². The van der Waals surface area contributed by atoms with Gasteiger partial charge in [0.2, 0.25) is 0 Å². The zero-order valence-corrected chi connectivity index (χ0v) is 11.6. The van der Waals surface area contributed by atoms with Crippen LogP contribution in [0.1, 0.15) is 18.9 Å². The van der Waals surface area contributed by atoms with Crippen LogP contribution in [0.15, 0.2) is 27.1 Å². The summed E-state index contributed by atoms with van der Waals surface area (Å²) < 4.78 is 1.53. The average Bonchev–Trinajstić information content (AvgIpc) is 2.71. The van der Waals surface area contributed by atoms with Crippen molar-refractivity contribution in [1.82, 2.24) is 19.7 Å². The van der Waals surface area contributed by atoms with E-state index in [-0.39, 0.29) is 10.8 Å². The molecule has 0 amide bonds. The first-order valence-electron chi connectivity index (χ1n) is 5.54. The second kappa shape index (κ2) is 5.91. The summed E-state index contributed by atoms with van der Waals surface area (Å²) >= 11 is 7.02. The maximum Gasteiger partial charge on any atom is 0.343 e. The van der Waals surface area contributed by atoms with Crippen LogP contribution in [-0.2, 0) is 6.54 Å². The maximum absolute atomic E-state index is 11.5. The maximum atomic E-state index is 11.5. The highest BCUT2D eigenvalue weighted by atomic mass is 35.5. The van der Waals surface area contributed by atoms with Crippen LogP contribution >= 0.6 is 23.4 Å². The number of rotatable bonds is 4. The Bertz CT molecular complexity index is 687. The van der Waals surface area contributed by atoms with Crippen LogP contribution in [0.25, 0.3) is 0 Å². The van der Waals surface area contributed by atoms with E-state index in [4.69, 9.17) is 16.9 Å². The first-order chi connectivity index (χ1) is 9.13. The molecule has 0 aliphatic rings. The summed E-state index contributed by atoms with van der Waals surface area (Å²) in [6.45, 7) is 2.54. The predicted octanol–water partition coefficient (Wildman–Crippen LogP) is 2.05. The molecule has 0 fully saturated rings. The van der Waals surface area contributed by atoms with Crippen molar-refractivity contribution in [3.63, 3.8) is 0 Å². The van der Waals surface area contributed by atoms with Gasteiger partial charge in [-0.1, -0.05) is 18.5 Å². The lowest BCUT2D eigenvalue weighted by molar-refractivity contribution is 0.603. The minimum Gasteiger partial charge on any atom is -0.270 e. The van der Waals surface area contributed by atoms with E-state index >= 15 is 0 Å². The number of aromatic nitrogens is 4. The van der Waals surface area contributed by atoms with Crippen molar-refractivity contribution in [3.8, 4) is 6.07 Å². The van der Waals surface area contributed by atoms with Crippen LogP contribution in [0.4, 0.5) is 0 Å².